The Morgan fingerprint density at radius 2 is 1.69 bits per heavy atom. The van der Waals surface area contributed by atoms with Crippen LogP contribution in [0.5, 0.6) is 17.2 Å². The van der Waals surface area contributed by atoms with E-state index in [2.05, 4.69) is 21.9 Å². The lowest BCUT2D eigenvalue weighted by Crippen LogP contribution is -2.49. The number of carbonyl (C=O) groups is 2. The monoisotopic (exact) mass is 613 g/mol. The van der Waals surface area contributed by atoms with Crippen LogP contribution in [0.3, 0.4) is 0 Å². The molecular weight excluding hydrogens is 577 g/mol. The van der Waals surface area contributed by atoms with Crippen molar-refractivity contribution in [2.75, 3.05) is 6.61 Å². The number of benzene rings is 3. The van der Waals surface area contributed by atoms with Crippen LogP contribution in [0.25, 0.3) is 0 Å². The SMILES string of the molecule is CCOc1cc(/C=N\NC(=O)[C@@H](CC(C)C)NC(=O)[C@H](C)Oc2ccc(Cl)cc2Cl)ccc1OCc1cccc(C)c1. The number of halogens is 2. The van der Waals surface area contributed by atoms with Crippen LogP contribution < -0.4 is 25.0 Å². The van der Waals surface area contributed by atoms with Crippen molar-refractivity contribution < 1.29 is 23.8 Å². The average molecular weight is 615 g/mol. The molecular formula is C32H37Cl2N3O5. The smallest absolute Gasteiger partial charge is 0.262 e. The zero-order valence-electron chi connectivity index (χ0n) is 24.4. The molecule has 2 atom stereocenters. The minimum Gasteiger partial charge on any atom is -0.490 e. The lowest BCUT2D eigenvalue weighted by atomic mass is 10.0. The van der Waals surface area contributed by atoms with Crippen LogP contribution in [-0.2, 0) is 16.2 Å². The molecule has 0 unspecified atom stereocenters. The number of ether oxygens (including phenoxy) is 3. The van der Waals surface area contributed by atoms with Crippen LogP contribution >= 0.6 is 23.2 Å². The van der Waals surface area contributed by atoms with Gasteiger partial charge in [0.1, 0.15) is 18.4 Å². The Kier molecular flexibility index (Phi) is 12.5. The van der Waals surface area contributed by atoms with Gasteiger partial charge in [0, 0.05) is 5.02 Å². The summed E-state index contributed by atoms with van der Waals surface area (Å²) >= 11 is 12.1. The van der Waals surface area contributed by atoms with E-state index in [-0.39, 0.29) is 10.9 Å². The molecule has 10 heteroatoms. The summed E-state index contributed by atoms with van der Waals surface area (Å²) in [6.07, 6.45) is 1.01. The first kappa shape index (κ1) is 32.8. The Bertz CT molecular complexity index is 1400. The third-order valence-corrected chi connectivity index (χ3v) is 6.57. The largest absolute Gasteiger partial charge is 0.490 e. The predicted octanol–water partition coefficient (Wildman–Crippen LogP) is 6.73. The Balaban J connectivity index is 1.62. The first-order valence-electron chi connectivity index (χ1n) is 13.8. The van der Waals surface area contributed by atoms with Crippen molar-refractivity contribution in [1.82, 2.24) is 10.7 Å². The number of amides is 2. The third-order valence-electron chi connectivity index (χ3n) is 6.04. The van der Waals surface area contributed by atoms with E-state index < -0.39 is 24.0 Å². The lowest BCUT2D eigenvalue weighted by molar-refractivity contribution is -0.132. The molecule has 0 saturated heterocycles. The number of aryl methyl sites for hydroxylation is 1. The topological polar surface area (TPSA) is 98.2 Å². The van der Waals surface area contributed by atoms with Crippen LogP contribution in [0, 0.1) is 12.8 Å². The summed E-state index contributed by atoms with van der Waals surface area (Å²) < 4.78 is 17.5. The summed E-state index contributed by atoms with van der Waals surface area (Å²) in [4.78, 5) is 25.8. The van der Waals surface area contributed by atoms with E-state index in [9.17, 15) is 9.59 Å². The van der Waals surface area contributed by atoms with Gasteiger partial charge in [-0.3, -0.25) is 9.59 Å². The summed E-state index contributed by atoms with van der Waals surface area (Å²) in [6, 6.07) is 17.4. The highest BCUT2D eigenvalue weighted by Gasteiger charge is 2.25. The Morgan fingerprint density at radius 3 is 2.38 bits per heavy atom. The second-order valence-electron chi connectivity index (χ2n) is 10.2. The number of rotatable bonds is 14. The van der Waals surface area contributed by atoms with Gasteiger partial charge in [0.2, 0.25) is 0 Å². The van der Waals surface area contributed by atoms with Gasteiger partial charge in [-0.2, -0.15) is 5.10 Å². The Hall–Kier alpha value is -3.75. The zero-order chi connectivity index (χ0) is 30.6. The molecule has 8 nitrogen and oxygen atoms in total. The summed E-state index contributed by atoms with van der Waals surface area (Å²) in [5.74, 6) is 0.710. The molecule has 0 heterocycles. The van der Waals surface area contributed by atoms with Crippen molar-refractivity contribution in [3.05, 3.63) is 87.4 Å². The average Bonchev–Trinajstić information content (AvgIpc) is 2.93. The summed E-state index contributed by atoms with van der Waals surface area (Å²) in [7, 11) is 0. The fourth-order valence-corrected chi connectivity index (χ4v) is 4.46. The summed E-state index contributed by atoms with van der Waals surface area (Å²) in [5, 5.41) is 7.60. The highest BCUT2D eigenvalue weighted by atomic mass is 35.5. The van der Waals surface area contributed by atoms with Gasteiger partial charge in [-0.15, -0.1) is 0 Å². The quantitative estimate of drug-likeness (QED) is 0.155. The van der Waals surface area contributed by atoms with Crippen molar-refractivity contribution in [1.29, 1.82) is 0 Å². The van der Waals surface area contributed by atoms with Gasteiger partial charge in [-0.25, -0.2) is 5.43 Å². The molecule has 0 aliphatic rings. The first-order valence-corrected chi connectivity index (χ1v) is 14.5. The van der Waals surface area contributed by atoms with E-state index in [1.807, 2.05) is 52.0 Å². The van der Waals surface area contributed by atoms with E-state index >= 15 is 0 Å². The molecule has 0 saturated carbocycles. The van der Waals surface area contributed by atoms with Crippen molar-refractivity contribution in [2.45, 2.75) is 59.8 Å². The molecule has 3 rings (SSSR count). The van der Waals surface area contributed by atoms with E-state index in [0.717, 1.165) is 11.1 Å². The van der Waals surface area contributed by atoms with Crippen molar-refractivity contribution in [3.63, 3.8) is 0 Å². The highest BCUT2D eigenvalue weighted by Crippen LogP contribution is 2.30. The van der Waals surface area contributed by atoms with Gasteiger partial charge in [-0.1, -0.05) is 66.9 Å². The standard InChI is InChI=1S/C32H37Cl2N3O5/c1-6-40-30-16-23(10-12-29(30)41-19-24-9-7-8-21(4)15-24)18-35-37-32(39)27(14-20(2)3)36-31(38)22(5)42-28-13-11-25(33)17-26(28)34/h7-13,15-18,20,22,27H,6,14,19H2,1-5H3,(H,36,38)(H,37,39)/b35-18-/t22-,27+/m0/s1. The Labute approximate surface area is 257 Å². The molecule has 0 spiro atoms. The number of hydrazone groups is 1. The number of nitrogens with zero attached hydrogens (tertiary/aromatic N) is 1. The summed E-state index contributed by atoms with van der Waals surface area (Å²) in [5.41, 5.74) is 5.45. The van der Waals surface area contributed by atoms with Gasteiger partial charge in [-0.05, 0) is 80.6 Å². The second kappa shape index (κ2) is 16.0. The maximum Gasteiger partial charge on any atom is 0.262 e. The molecule has 0 aromatic heterocycles. The van der Waals surface area contributed by atoms with Crippen LogP contribution in [0.1, 0.15) is 50.8 Å². The molecule has 42 heavy (non-hydrogen) atoms. The molecule has 224 valence electrons. The third kappa shape index (κ3) is 10.3. The fraction of sp³-hybridized carbons (Fsp3) is 0.344. The molecule has 0 aliphatic heterocycles. The molecule has 0 aliphatic carbocycles. The second-order valence-corrected chi connectivity index (χ2v) is 11.0. The molecule has 0 fully saturated rings. The van der Waals surface area contributed by atoms with Crippen molar-refractivity contribution in [2.24, 2.45) is 11.0 Å². The van der Waals surface area contributed by atoms with Crippen LogP contribution in [0.2, 0.25) is 10.0 Å². The maximum atomic E-state index is 13.0. The van der Waals surface area contributed by atoms with Crippen LogP contribution in [0.15, 0.2) is 65.8 Å². The number of carbonyl (C=O) groups excluding carboxylic acids is 2. The van der Waals surface area contributed by atoms with Gasteiger partial charge in [0.15, 0.2) is 17.6 Å². The zero-order valence-corrected chi connectivity index (χ0v) is 26.0. The normalized spacial score (nSPS) is 12.6. The summed E-state index contributed by atoms with van der Waals surface area (Å²) in [6.45, 7) is 10.3. The van der Waals surface area contributed by atoms with E-state index in [0.29, 0.717) is 47.5 Å². The Morgan fingerprint density at radius 1 is 0.929 bits per heavy atom. The maximum absolute atomic E-state index is 13.0. The van der Waals surface area contributed by atoms with Crippen molar-refractivity contribution >= 4 is 41.2 Å². The fourth-order valence-electron chi connectivity index (χ4n) is 4.01. The predicted molar refractivity (Wildman–Crippen MR) is 167 cm³/mol. The van der Waals surface area contributed by atoms with Crippen LogP contribution in [0.4, 0.5) is 0 Å². The molecule has 0 bridgehead atoms. The minimum atomic E-state index is -0.904. The first-order chi connectivity index (χ1) is 20.0. The van der Waals surface area contributed by atoms with Gasteiger partial charge >= 0.3 is 0 Å². The van der Waals surface area contributed by atoms with E-state index in [4.69, 9.17) is 37.4 Å². The highest BCUT2D eigenvalue weighted by molar-refractivity contribution is 6.35. The van der Waals surface area contributed by atoms with Gasteiger partial charge in [0.25, 0.3) is 11.8 Å². The molecule has 2 amide bonds. The lowest BCUT2D eigenvalue weighted by Gasteiger charge is -2.22. The van der Waals surface area contributed by atoms with E-state index in [1.165, 1.54) is 12.3 Å². The van der Waals surface area contributed by atoms with E-state index in [1.54, 1.807) is 31.2 Å². The van der Waals surface area contributed by atoms with Crippen molar-refractivity contribution in [3.8, 4) is 17.2 Å². The molecule has 2 N–H and O–H groups in total. The molecule has 3 aromatic rings. The van der Waals surface area contributed by atoms with Gasteiger partial charge < -0.3 is 19.5 Å². The molecule has 0 radical (unpaired) electrons. The minimum absolute atomic E-state index is 0.132. The van der Waals surface area contributed by atoms with Crippen LogP contribution in [-0.4, -0.2) is 36.8 Å². The number of nitrogens with one attached hydrogen (secondary N) is 2. The number of hydrogen-bond acceptors (Lipinski definition) is 6. The number of hydrogen-bond donors (Lipinski definition) is 2. The van der Waals surface area contributed by atoms with Gasteiger partial charge in [0.05, 0.1) is 17.8 Å². The molecule has 3 aromatic carbocycles.